The number of ether oxygens (including phenoxy) is 3. The molecular formula is C32H30N8O5. The molecule has 0 fully saturated rings. The van der Waals surface area contributed by atoms with E-state index in [-0.39, 0.29) is 11.7 Å². The number of imidazole rings is 1. The summed E-state index contributed by atoms with van der Waals surface area (Å²) in [5.74, 6) is 2.46. The number of carbonyl (C=O) groups excluding carboxylic acids is 1. The maximum Gasteiger partial charge on any atom is 0.255 e. The normalized spacial score (nSPS) is 11.1. The van der Waals surface area contributed by atoms with E-state index in [1.54, 1.807) is 67.9 Å². The lowest BCUT2D eigenvalue weighted by molar-refractivity contribution is 0.102. The third kappa shape index (κ3) is 6.53. The van der Waals surface area contributed by atoms with Crippen molar-refractivity contribution < 1.29 is 23.6 Å². The Balaban J connectivity index is 1.28. The van der Waals surface area contributed by atoms with E-state index in [9.17, 15) is 4.79 Å². The molecule has 3 aromatic carbocycles. The first-order chi connectivity index (χ1) is 21.9. The van der Waals surface area contributed by atoms with Crippen molar-refractivity contribution >= 4 is 28.4 Å². The smallest absolute Gasteiger partial charge is 0.255 e. The van der Waals surface area contributed by atoms with Crippen molar-refractivity contribution in [2.24, 2.45) is 0 Å². The summed E-state index contributed by atoms with van der Waals surface area (Å²) in [6, 6.07) is 23.2. The number of nitrogens with one attached hydrogen (secondary N) is 1. The van der Waals surface area contributed by atoms with Crippen molar-refractivity contribution in [1.82, 2.24) is 29.7 Å². The maximum absolute atomic E-state index is 12.8. The van der Waals surface area contributed by atoms with Gasteiger partial charge >= 0.3 is 0 Å². The van der Waals surface area contributed by atoms with E-state index in [1.807, 2.05) is 42.9 Å². The highest BCUT2D eigenvalue weighted by molar-refractivity contribution is 6.04. The number of fused-ring (bicyclic) bond motifs is 1. The Kier molecular flexibility index (Phi) is 8.24. The van der Waals surface area contributed by atoms with Crippen molar-refractivity contribution in [3.05, 3.63) is 90.6 Å². The van der Waals surface area contributed by atoms with Crippen molar-refractivity contribution in [2.45, 2.75) is 0 Å². The molecule has 0 radical (unpaired) electrons. The van der Waals surface area contributed by atoms with Crippen LogP contribution in [0.1, 0.15) is 10.4 Å². The summed E-state index contributed by atoms with van der Waals surface area (Å²) in [5, 5.41) is 10.6. The third-order valence-corrected chi connectivity index (χ3v) is 6.81. The Bertz CT molecular complexity index is 1930. The number of benzene rings is 3. The second-order valence-corrected chi connectivity index (χ2v) is 10.2. The zero-order valence-electron chi connectivity index (χ0n) is 24.8. The van der Waals surface area contributed by atoms with E-state index in [2.05, 4.69) is 25.5 Å². The van der Waals surface area contributed by atoms with E-state index in [1.165, 1.54) is 0 Å². The van der Waals surface area contributed by atoms with Crippen LogP contribution < -0.4 is 25.3 Å². The van der Waals surface area contributed by atoms with E-state index >= 15 is 0 Å². The van der Waals surface area contributed by atoms with Gasteiger partial charge in [0.15, 0.2) is 17.3 Å². The number of rotatable bonds is 11. The lowest BCUT2D eigenvalue weighted by Crippen LogP contribution is -2.19. The van der Waals surface area contributed by atoms with Gasteiger partial charge in [-0.3, -0.25) is 9.36 Å². The number of likely N-dealkylation sites (N-methyl/N-ethyl adjacent to an activating group) is 1. The number of carbonyl (C=O) groups is 1. The molecule has 13 heteroatoms. The predicted octanol–water partition coefficient (Wildman–Crippen LogP) is 5.05. The molecule has 6 rings (SSSR count). The topological polar surface area (TPSA) is 156 Å². The maximum atomic E-state index is 12.8. The third-order valence-electron chi connectivity index (χ3n) is 6.81. The fourth-order valence-corrected chi connectivity index (χ4v) is 4.53. The van der Waals surface area contributed by atoms with Gasteiger partial charge in [-0.05, 0) is 85.1 Å². The van der Waals surface area contributed by atoms with Gasteiger partial charge in [0.05, 0.1) is 18.8 Å². The van der Waals surface area contributed by atoms with Gasteiger partial charge in [0.25, 0.3) is 5.91 Å². The average Bonchev–Trinajstić information content (AvgIpc) is 3.64. The van der Waals surface area contributed by atoms with Crippen LogP contribution in [-0.4, -0.2) is 70.0 Å². The van der Waals surface area contributed by atoms with Crippen molar-refractivity contribution in [3.63, 3.8) is 0 Å². The summed E-state index contributed by atoms with van der Waals surface area (Å²) in [4.78, 5) is 24.0. The van der Waals surface area contributed by atoms with Gasteiger partial charge in [0.2, 0.25) is 5.88 Å². The van der Waals surface area contributed by atoms with E-state index in [4.69, 9.17) is 29.6 Å². The van der Waals surface area contributed by atoms with E-state index in [0.717, 1.165) is 18.0 Å². The van der Waals surface area contributed by atoms with Gasteiger partial charge in [-0.15, -0.1) is 0 Å². The molecule has 3 N–H and O–H groups in total. The second-order valence-electron chi connectivity index (χ2n) is 10.2. The number of nitrogen functional groups attached to an aromatic ring is 1. The zero-order valence-corrected chi connectivity index (χ0v) is 24.8. The summed E-state index contributed by atoms with van der Waals surface area (Å²) < 4.78 is 23.9. The molecular weight excluding hydrogens is 576 g/mol. The van der Waals surface area contributed by atoms with Crippen LogP contribution in [0, 0.1) is 0 Å². The van der Waals surface area contributed by atoms with Crippen LogP contribution in [0.3, 0.4) is 0 Å². The van der Waals surface area contributed by atoms with Crippen LogP contribution in [0.25, 0.3) is 28.2 Å². The number of hydrogen-bond donors (Lipinski definition) is 2. The molecule has 0 saturated heterocycles. The fraction of sp³-hybridized carbons (Fsp3) is 0.156. The number of anilines is 2. The molecule has 3 aromatic heterocycles. The largest absolute Gasteiger partial charge is 0.497 e. The Labute approximate surface area is 258 Å². The molecule has 45 heavy (non-hydrogen) atoms. The number of aromatic nitrogens is 5. The van der Waals surface area contributed by atoms with Gasteiger partial charge < -0.3 is 30.2 Å². The molecule has 0 atom stereocenters. The van der Waals surface area contributed by atoms with Crippen LogP contribution in [0.15, 0.2) is 89.7 Å². The van der Waals surface area contributed by atoms with Crippen LogP contribution in [0.5, 0.6) is 23.1 Å². The lowest BCUT2D eigenvalue weighted by Gasteiger charge is -2.13. The number of pyridine rings is 1. The molecule has 228 valence electrons. The molecule has 1 amide bonds. The van der Waals surface area contributed by atoms with Crippen LogP contribution >= 0.6 is 0 Å². The highest BCUT2D eigenvalue weighted by atomic mass is 16.6. The first-order valence-corrected chi connectivity index (χ1v) is 14.0. The average molecular weight is 607 g/mol. The lowest BCUT2D eigenvalue weighted by atomic mass is 10.2. The van der Waals surface area contributed by atoms with Crippen LogP contribution in [-0.2, 0) is 0 Å². The van der Waals surface area contributed by atoms with Gasteiger partial charge in [-0.2, -0.15) is 0 Å². The van der Waals surface area contributed by atoms with Crippen molar-refractivity contribution in [1.29, 1.82) is 0 Å². The number of nitrogens with zero attached hydrogens (tertiary/aromatic N) is 6. The summed E-state index contributed by atoms with van der Waals surface area (Å²) in [6.07, 6.45) is 1.60. The fourth-order valence-electron chi connectivity index (χ4n) is 4.53. The monoisotopic (exact) mass is 606 g/mol. The first kappa shape index (κ1) is 29.1. The van der Waals surface area contributed by atoms with Crippen LogP contribution in [0.2, 0.25) is 0 Å². The quantitative estimate of drug-likeness (QED) is 0.204. The molecule has 13 nitrogen and oxygen atoms in total. The molecule has 3 heterocycles. The summed E-state index contributed by atoms with van der Waals surface area (Å²) >= 11 is 0. The standard InChI is InChI=1S/C32H30N8O5/c1-39(2)15-16-43-24-13-9-22(10-14-24)40-27-18-28(34-19-26(27)36-31(40)29-30(33)38-45-37-29)44-25-6-4-5-21(17-25)35-32(41)20-7-11-23(42-3)12-8-20/h4-14,17-19H,15-16H2,1-3H3,(H2,33,38)(H,35,41). The van der Waals surface area contributed by atoms with Gasteiger partial charge in [-0.1, -0.05) is 6.07 Å². The highest BCUT2D eigenvalue weighted by Gasteiger charge is 2.21. The Hall–Kier alpha value is -5.95. The van der Waals surface area contributed by atoms with Crippen molar-refractivity contribution in [3.8, 4) is 40.3 Å². The molecule has 0 spiro atoms. The molecule has 0 unspecified atom stereocenters. The first-order valence-electron chi connectivity index (χ1n) is 14.0. The molecule has 0 aliphatic heterocycles. The number of methoxy groups -OCH3 is 1. The van der Waals surface area contributed by atoms with Gasteiger partial charge in [-0.25, -0.2) is 14.6 Å². The Morgan fingerprint density at radius 2 is 1.76 bits per heavy atom. The SMILES string of the molecule is COc1ccc(C(=O)Nc2cccc(Oc3cc4c(cn3)nc(-c3nonc3N)n4-c3ccc(OCCN(C)C)cc3)c2)cc1. The minimum atomic E-state index is -0.262. The highest BCUT2D eigenvalue weighted by Crippen LogP contribution is 2.33. The molecule has 0 saturated carbocycles. The van der Waals surface area contributed by atoms with Crippen LogP contribution in [0.4, 0.5) is 11.5 Å². The summed E-state index contributed by atoms with van der Waals surface area (Å²) in [7, 11) is 5.56. The van der Waals surface area contributed by atoms with Gasteiger partial charge in [0.1, 0.15) is 29.4 Å². The molecule has 6 aromatic rings. The summed E-state index contributed by atoms with van der Waals surface area (Å²) in [5.41, 5.74) is 9.43. The minimum absolute atomic E-state index is 0.105. The molecule has 0 aliphatic rings. The number of nitrogens with two attached hydrogens (primary N) is 1. The Morgan fingerprint density at radius 3 is 2.47 bits per heavy atom. The number of hydrogen-bond acceptors (Lipinski definition) is 11. The Morgan fingerprint density at radius 1 is 0.978 bits per heavy atom. The van der Waals surface area contributed by atoms with Gasteiger partial charge in [0, 0.05) is 35.6 Å². The summed E-state index contributed by atoms with van der Waals surface area (Å²) in [6.45, 7) is 1.36. The van der Waals surface area contributed by atoms with Crippen molar-refractivity contribution in [2.75, 3.05) is 45.4 Å². The zero-order chi connectivity index (χ0) is 31.3. The predicted molar refractivity (Wildman–Crippen MR) is 168 cm³/mol. The molecule has 0 bridgehead atoms. The number of amides is 1. The van der Waals surface area contributed by atoms with E-state index < -0.39 is 0 Å². The second kappa shape index (κ2) is 12.7. The van der Waals surface area contributed by atoms with E-state index in [0.29, 0.717) is 57.8 Å². The molecule has 0 aliphatic carbocycles. The minimum Gasteiger partial charge on any atom is -0.497 e.